The Morgan fingerprint density at radius 1 is 1.33 bits per heavy atom. The molecule has 0 bridgehead atoms. The highest BCUT2D eigenvalue weighted by atomic mass is 16.5. The number of likely N-dealkylation sites (tertiary alicyclic amines) is 1. The number of nitrogens with zero attached hydrogens (tertiary/aromatic N) is 1. The first kappa shape index (κ1) is 18.3. The van der Waals surface area contributed by atoms with Crippen molar-refractivity contribution in [1.82, 2.24) is 10.2 Å². The second-order valence-electron chi connectivity index (χ2n) is 7.12. The van der Waals surface area contributed by atoms with Crippen molar-refractivity contribution in [3.8, 4) is 5.75 Å². The molecule has 1 aliphatic rings. The summed E-state index contributed by atoms with van der Waals surface area (Å²) in [7, 11) is 1.60. The summed E-state index contributed by atoms with van der Waals surface area (Å²) in [5.41, 5.74) is -0.179. The van der Waals surface area contributed by atoms with Gasteiger partial charge in [0.1, 0.15) is 11.2 Å². The van der Waals surface area contributed by atoms with Crippen LogP contribution in [0.25, 0.3) is 0 Å². The Morgan fingerprint density at radius 2 is 2.04 bits per heavy atom. The molecule has 0 aromatic heterocycles. The normalized spacial score (nSPS) is 18.2. The van der Waals surface area contributed by atoms with Crippen molar-refractivity contribution in [3.63, 3.8) is 0 Å². The predicted octanol–water partition coefficient (Wildman–Crippen LogP) is 2.60. The number of rotatable bonds is 5. The van der Waals surface area contributed by atoms with Gasteiger partial charge in [-0.25, -0.2) is 0 Å². The van der Waals surface area contributed by atoms with Crippen molar-refractivity contribution in [2.45, 2.75) is 40.2 Å². The molecule has 1 heterocycles. The number of piperidine rings is 1. The molecule has 0 saturated carbocycles. The summed E-state index contributed by atoms with van der Waals surface area (Å²) in [4.78, 5) is 27.2. The van der Waals surface area contributed by atoms with Gasteiger partial charge < -0.3 is 15.0 Å². The van der Waals surface area contributed by atoms with Crippen LogP contribution in [0.3, 0.4) is 0 Å². The molecule has 1 aliphatic heterocycles. The van der Waals surface area contributed by atoms with Gasteiger partial charge >= 0.3 is 0 Å². The number of carbonyl (C=O) groups is 2. The monoisotopic (exact) mass is 332 g/mol. The van der Waals surface area contributed by atoms with E-state index in [4.69, 9.17) is 4.74 Å². The lowest BCUT2D eigenvalue weighted by Gasteiger charge is -2.36. The molecular formula is C19H28N2O3. The Kier molecular flexibility index (Phi) is 5.86. The lowest BCUT2D eigenvalue weighted by Crippen LogP contribution is -2.51. The zero-order valence-corrected chi connectivity index (χ0v) is 15.1. The van der Waals surface area contributed by atoms with Crippen molar-refractivity contribution < 1.29 is 14.3 Å². The first-order valence-electron chi connectivity index (χ1n) is 8.55. The number of hydrogen-bond acceptors (Lipinski definition) is 3. The molecule has 5 nitrogen and oxygen atoms in total. The molecule has 1 atom stereocenters. The number of para-hydroxylation sites is 1. The van der Waals surface area contributed by atoms with Gasteiger partial charge in [-0.2, -0.15) is 0 Å². The lowest BCUT2D eigenvalue weighted by molar-refractivity contribution is -0.149. The number of ether oxygens (including phenoxy) is 1. The van der Waals surface area contributed by atoms with Gasteiger partial charge in [-0.05, 0) is 38.7 Å². The van der Waals surface area contributed by atoms with Crippen molar-refractivity contribution in [1.29, 1.82) is 0 Å². The van der Waals surface area contributed by atoms with Crippen LogP contribution in [0.15, 0.2) is 24.3 Å². The van der Waals surface area contributed by atoms with E-state index in [1.807, 2.05) is 29.2 Å². The van der Waals surface area contributed by atoms with Crippen molar-refractivity contribution in [2.24, 2.45) is 11.3 Å². The second-order valence-corrected chi connectivity index (χ2v) is 7.12. The highest BCUT2D eigenvalue weighted by molar-refractivity contribution is 6.04. The molecule has 0 spiro atoms. The Bertz CT molecular complexity index is 598. The van der Waals surface area contributed by atoms with E-state index >= 15 is 0 Å². The maximum absolute atomic E-state index is 12.8. The molecule has 1 aromatic rings. The summed E-state index contributed by atoms with van der Waals surface area (Å²) in [5, 5.41) is 2.88. The van der Waals surface area contributed by atoms with Crippen LogP contribution in [-0.2, 0) is 16.1 Å². The lowest BCUT2D eigenvalue weighted by atomic mass is 9.88. The average Bonchev–Trinajstić information content (AvgIpc) is 2.59. The van der Waals surface area contributed by atoms with E-state index < -0.39 is 5.41 Å². The SMILES string of the molecule is COc1ccccc1CNC(=O)C(C)(C)C(=O)N1CCCC(C)C1. The highest BCUT2D eigenvalue weighted by Gasteiger charge is 2.40. The Morgan fingerprint density at radius 3 is 2.71 bits per heavy atom. The molecule has 1 fully saturated rings. The van der Waals surface area contributed by atoms with Gasteiger partial charge in [0.25, 0.3) is 0 Å². The summed E-state index contributed by atoms with van der Waals surface area (Å²) < 4.78 is 5.29. The maximum atomic E-state index is 12.8. The smallest absolute Gasteiger partial charge is 0.237 e. The van der Waals surface area contributed by atoms with Gasteiger partial charge in [-0.3, -0.25) is 9.59 Å². The third-order valence-electron chi connectivity index (χ3n) is 4.68. The van der Waals surface area contributed by atoms with E-state index in [1.54, 1.807) is 21.0 Å². The minimum absolute atomic E-state index is 0.0911. The van der Waals surface area contributed by atoms with E-state index in [1.165, 1.54) is 0 Å². The van der Waals surface area contributed by atoms with Gasteiger partial charge in [0.15, 0.2) is 0 Å². The molecule has 1 N–H and O–H groups in total. The highest BCUT2D eigenvalue weighted by Crippen LogP contribution is 2.25. The molecule has 0 aliphatic carbocycles. The van der Waals surface area contributed by atoms with Crippen LogP contribution in [0.2, 0.25) is 0 Å². The molecular weight excluding hydrogens is 304 g/mol. The molecule has 24 heavy (non-hydrogen) atoms. The molecule has 132 valence electrons. The van der Waals surface area contributed by atoms with Crippen molar-refractivity contribution in [3.05, 3.63) is 29.8 Å². The Labute approximate surface area is 144 Å². The number of benzene rings is 1. The van der Waals surface area contributed by atoms with Crippen molar-refractivity contribution >= 4 is 11.8 Å². The summed E-state index contributed by atoms with van der Waals surface area (Å²) in [6.45, 7) is 7.37. The van der Waals surface area contributed by atoms with Gasteiger partial charge in [0, 0.05) is 25.2 Å². The molecule has 0 radical (unpaired) electrons. The first-order valence-corrected chi connectivity index (χ1v) is 8.55. The summed E-state index contributed by atoms with van der Waals surface area (Å²) in [6, 6.07) is 7.54. The van der Waals surface area contributed by atoms with Gasteiger partial charge in [0.05, 0.1) is 7.11 Å². The number of carbonyl (C=O) groups excluding carboxylic acids is 2. The number of amides is 2. The molecule has 1 aromatic carbocycles. The van der Waals surface area contributed by atoms with E-state index in [9.17, 15) is 9.59 Å². The van der Waals surface area contributed by atoms with Gasteiger partial charge in [-0.1, -0.05) is 25.1 Å². The molecule has 5 heteroatoms. The Hall–Kier alpha value is -2.04. The number of hydrogen-bond donors (Lipinski definition) is 1. The quantitative estimate of drug-likeness (QED) is 0.843. The van der Waals surface area contributed by atoms with E-state index in [2.05, 4.69) is 12.2 Å². The van der Waals surface area contributed by atoms with Gasteiger partial charge in [0.2, 0.25) is 11.8 Å². The fourth-order valence-corrected chi connectivity index (χ4v) is 3.11. The van der Waals surface area contributed by atoms with E-state index in [0.29, 0.717) is 12.5 Å². The zero-order valence-electron chi connectivity index (χ0n) is 15.1. The third kappa shape index (κ3) is 4.08. The fraction of sp³-hybridized carbons (Fsp3) is 0.579. The largest absolute Gasteiger partial charge is 0.496 e. The van der Waals surface area contributed by atoms with E-state index in [-0.39, 0.29) is 11.8 Å². The van der Waals surface area contributed by atoms with Gasteiger partial charge in [-0.15, -0.1) is 0 Å². The van der Waals surface area contributed by atoms with Crippen LogP contribution in [0, 0.1) is 11.3 Å². The van der Waals surface area contributed by atoms with Crippen LogP contribution in [-0.4, -0.2) is 36.9 Å². The van der Waals surface area contributed by atoms with Crippen LogP contribution in [0.1, 0.15) is 39.2 Å². The third-order valence-corrected chi connectivity index (χ3v) is 4.68. The topological polar surface area (TPSA) is 58.6 Å². The van der Waals surface area contributed by atoms with E-state index in [0.717, 1.165) is 37.2 Å². The number of nitrogens with one attached hydrogen (secondary N) is 1. The fourth-order valence-electron chi connectivity index (χ4n) is 3.11. The molecule has 2 amide bonds. The van der Waals surface area contributed by atoms with Crippen LogP contribution >= 0.6 is 0 Å². The van der Waals surface area contributed by atoms with Crippen LogP contribution in [0.4, 0.5) is 0 Å². The summed E-state index contributed by atoms with van der Waals surface area (Å²) in [5.74, 6) is 0.880. The molecule has 1 unspecified atom stereocenters. The predicted molar refractivity (Wildman–Crippen MR) is 93.6 cm³/mol. The molecule has 1 saturated heterocycles. The first-order chi connectivity index (χ1) is 11.4. The number of methoxy groups -OCH3 is 1. The van der Waals surface area contributed by atoms with Crippen LogP contribution < -0.4 is 10.1 Å². The maximum Gasteiger partial charge on any atom is 0.237 e. The van der Waals surface area contributed by atoms with Crippen LogP contribution in [0.5, 0.6) is 5.75 Å². The van der Waals surface area contributed by atoms with Crippen molar-refractivity contribution in [2.75, 3.05) is 20.2 Å². The standard InChI is InChI=1S/C19H28N2O3/c1-14-8-7-11-21(13-14)18(23)19(2,3)17(22)20-12-15-9-5-6-10-16(15)24-4/h5-6,9-10,14H,7-8,11-13H2,1-4H3,(H,20,22). The average molecular weight is 332 g/mol. The Balaban J connectivity index is 2.00. The summed E-state index contributed by atoms with van der Waals surface area (Å²) in [6.07, 6.45) is 2.15. The summed E-state index contributed by atoms with van der Waals surface area (Å²) >= 11 is 0. The minimum atomic E-state index is -1.07. The zero-order chi connectivity index (χ0) is 17.7. The molecule has 2 rings (SSSR count). The second kappa shape index (κ2) is 7.69. The minimum Gasteiger partial charge on any atom is -0.496 e.